The lowest BCUT2D eigenvalue weighted by Crippen LogP contribution is -2.71. The Morgan fingerprint density at radius 2 is 1.81 bits per heavy atom. The van der Waals surface area contributed by atoms with E-state index in [4.69, 9.17) is 15.6 Å². The number of carbonyl (C=O) groups is 7. The molecule has 7 amide bonds. The molecule has 4 atom stereocenters. The van der Waals surface area contributed by atoms with Gasteiger partial charge in [-0.1, -0.05) is 35.2 Å². The van der Waals surface area contributed by atoms with Crippen molar-refractivity contribution in [3.63, 3.8) is 0 Å². The van der Waals surface area contributed by atoms with Crippen LogP contribution in [0.1, 0.15) is 16.6 Å². The fraction of sp³-hybridized carbons (Fsp3) is 0.393. The zero-order valence-electron chi connectivity index (χ0n) is 27.6. The minimum atomic E-state index is -4.00. The number of rotatable bonds is 13. The summed E-state index contributed by atoms with van der Waals surface area (Å²) in [4.78, 5) is 90.2. The zero-order valence-corrected chi connectivity index (χ0v) is 30.8. The standard InChI is InChI=1S/C28H31N9O12S4/c1-12-33-34-27(52-12)51-11-14-10-50-22-18(21(39)37(22)19(14)24(42)43)31-20(38)17(32-25(44)35-7-8-36(28(35)46)53(2,47)48)13-3-5-15(6-4-13)30-26(45)49-9-16(29)23(40)41/h3-6,16-18,22H,7-11,29H2,1-2H3,(H,30,45)(H,31,38)(H,32,44)(H,40,41)(H,42,43)/t16-,17-,18-,22+/m1/s1. The number of sulfonamides is 1. The Labute approximate surface area is 312 Å². The topological polar surface area (TPSA) is 301 Å². The number of benzene rings is 1. The van der Waals surface area contributed by atoms with Gasteiger partial charge in [0.15, 0.2) is 4.34 Å². The van der Waals surface area contributed by atoms with E-state index in [1.807, 2.05) is 0 Å². The van der Waals surface area contributed by atoms with E-state index in [1.165, 1.54) is 59.1 Å². The minimum Gasteiger partial charge on any atom is -0.480 e. The van der Waals surface area contributed by atoms with Crippen LogP contribution in [0.2, 0.25) is 0 Å². The van der Waals surface area contributed by atoms with Gasteiger partial charge in [0.25, 0.3) is 5.91 Å². The van der Waals surface area contributed by atoms with E-state index in [1.54, 1.807) is 6.92 Å². The van der Waals surface area contributed by atoms with E-state index in [0.29, 0.717) is 19.1 Å². The molecule has 284 valence electrons. The number of thioether (sulfide) groups is 2. The van der Waals surface area contributed by atoms with Crippen molar-refractivity contribution in [3.05, 3.63) is 46.1 Å². The number of β-lactam (4-membered cyclic amide) rings is 1. The number of carboxylic acid groups (broad SMARTS) is 2. The predicted octanol–water partition coefficient (Wildman–Crippen LogP) is -0.214. The Kier molecular flexibility index (Phi) is 11.8. The number of nitrogens with two attached hydrogens (primary N) is 1. The van der Waals surface area contributed by atoms with Crippen LogP contribution < -0.4 is 21.7 Å². The molecule has 7 N–H and O–H groups in total. The summed E-state index contributed by atoms with van der Waals surface area (Å²) >= 11 is 3.84. The lowest BCUT2D eigenvalue weighted by molar-refractivity contribution is -0.151. The van der Waals surface area contributed by atoms with Crippen molar-refractivity contribution in [2.75, 3.05) is 42.8 Å². The van der Waals surface area contributed by atoms with Crippen LogP contribution in [0, 0.1) is 6.92 Å². The number of nitrogens with zero attached hydrogens (tertiary/aromatic N) is 5. The molecule has 3 aliphatic heterocycles. The number of imide groups is 1. The first-order chi connectivity index (χ1) is 25.0. The summed E-state index contributed by atoms with van der Waals surface area (Å²) in [5.74, 6) is -3.91. The van der Waals surface area contributed by atoms with E-state index in [0.717, 1.165) is 16.2 Å². The van der Waals surface area contributed by atoms with Gasteiger partial charge in [0.1, 0.15) is 40.8 Å². The molecule has 0 bridgehead atoms. The van der Waals surface area contributed by atoms with E-state index in [2.05, 4.69) is 26.1 Å². The third kappa shape index (κ3) is 8.81. The molecule has 5 rings (SSSR count). The minimum absolute atomic E-state index is 0.0894. The number of carbonyl (C=O) groups excluding carboxylic acids is 5. The average Bonchev–Trinajstić information content (AvgIpc) is 3.71. The van der Waals surface area contributed by atoms with E-state index >= 15 is 0 Å². The normalized spacial score (nSPS) is 19.6. The molecule has 0 radical (unpaired) electrons. The highest BCUT2D eigenvalue weighted by atomic mass is 32.2. The summed E-state index contributed by atoms with van der Waals surface area (Å²) < 4.78 is 29.9. The van der Waals surface area contributed by atoms with Crippen molar-refractivity contribution in [2.45, 2.75) is 34.8 Å². The molecule has 1 aromatic carbocycles. The van der Waals surface area contributed by atoms with Crippen molar-refractivity contribution < 1.29 is 56.9 Å². The second kappa shape index (κ2) is 15.9. The number of amides is 7. The molecule has 2 fully saturated rings. The van der Waals surface area contributed by atoms with Crippen LogP contribution in [-0.4, -0.2) is 140 Å². The van der Waals surface area contributed by atoms with Gasteiger partial charge in [-0.25, -0.2) is 36.8 Å². The quantitative estimate of drug-likeness (QED) is 0.113. The van der Waals surface area contributed by atoms with Crippen LogP contribution in [0.25, 0.3) is 0 Å². The summed E-state index contributed by atoms with van der Waals surface area (Å²) in [6.07, 6.45) is -0.243. The molecule has 2 aromatic rings. The van der Waals surface area contributed by atoms with Gasteiger partial charge in [-0.15, -0.1) is 22.0 Å². The summed E-state index contributed by atoms with van der Waals surface area (Å²) in [6.45, 7) is 0.523. The van der Waals surface area contributed by atoms with Crippen molar-refractivity contribution in [3.8, 4) is 0 Å². The van der Waals surface area contributed by atoms with Crippen molar-refractivity contribution >= 4 is 92.5 Å². The zero-order chi connectivity index (χ0) is 38.8. The molecule has 21 nitrogen and oxygen atoms in total. The first-order valence-electron chi connectivity index (χ1n) is 15.2. The Morgan fingerprint density at radius 3 is 2.40 bits per heavy atom. The molecule has 0 spiro atoms. The van der Waals surface area contributed by atoms with Gasteiger partial charge in [-0.2, -0.15) is 0 Å². The lowest BCUT2D eigenvalue weighted by atomic mass is 10.0. The predicted molar refractivity (Wildman–Crippen MR) is 187 cm³/mol. The second-order valence-electron chi connectivity index (χ2n) is 11.5. The largest absolute Gasteiger partial charge is 0.480 e. The van der Waals surface area contributed by atoms with Crippen molar-refractivity contribution in [2.24, 2.45) is 5.73 Å². The van der Waals surface area contributed by atoms with Crippen LogP contribution in [-0.2, 0) is 33.9 Å². The Balaban J connectivity index is 1.32. The van der Waals surface area contributed by atoms with Gasteiger partial charge >= 0.3 is 30.1 Å². The van der Waals surface area contributed by atoms with Crippen molar-refractivity contribution in [1.29, 1.82) is 0 Å². The number of aliphatic carboxylic acids is 2. The van der Waals surface area contributed by atoms with Crippen LogP contribution in [0.4, 0.5) is 20.1 Å². The molecular formula is C28H31N9O12S4. The van der Waals surface area contributed by atoms with Gasteiger partial charge in [0.05, 0.1) is 19.3 Å². The summed E-state index contributed by atoms with van der Waals surface area (Å²) in [5, 5.41) is 34.1. The third-order valence-corrected chi connectivity index (χ3v) is 12.3. The van der Waals surface area contributed by atoms with E-state index in [-0.39, 0.29) is 41.5 Å². The number of anilines is 1. The van der Waals surface area contributed by atoms with Gasteiger partial charge < -0.3 is 31.3 Å². The SMILES string of the molecule is Cc1nnc(SCC2=C(C(=O)O)N3C(=O)[C@@H](NC(=O)[C@H](NC(=O)N4CCN(S(C)(=O)=O)C4=O)c4ccc(NC(=O)OC[C@@H](N)C(=O)O)cc4)[C@@H]3SC2)s1. The van der Waals surface area contributed by atoms with Gasteiger partial charge in [0, 0.05) is 17.2 Å². The molecular weight excluding hydrogens is 783 g/mol. The van der Waals surface area contributed by atoms with Crippen LogP contribution >= 0.6 is 34.9 Å². The van der Waals surface area contributed by atoms with E-state index in [9.17, 15) is 47.1 Å². The number of hydrogen-bond acceptors (Lipinski definition) is 16. The molecule has 4 heterocycles. The molecule has 0 unspecified atom stereocenters. The van der Waals surface area contributed by atoms with Gasteiger partial charge in [-0.05, 0) is 30.2 Å². The molecule has 3 aliphatic rings. The summed E-state index contributed by atoms with van der Waals surface area (Å²) in [6, 6.07) is -1.27. The highest BCUT2D eigenvalue weighted by Crippen LogP contribution is 2.42. The van der Waals surface area contributed by atoms with Crippen LogP contribution in [0.15, 0.2) is 39.9 Å². The maximum atomic E-state index is 13.8. The van der Waals surface area contributed by atoms with Crippen molar-refractivity contribution in [1.82, 2.24) is 34.9 Å². The number of fused-ring (bicyclic) bond motifs is 1. The smallest absolute Gasteiger partial charge is 0.411 e. The maximum absolute atomic E-state index is 13.8. The highest BCUT2D eigenvalue weighted by Gasteiger charge is 2.54. The Bertz CT molecular complexity index is 1990. The summed E-state index contributed by atoms with van der Waals surface area (Å²) in [7, 11) is -4.00. The number of urea groups is 2. The average molecular weight is 814 g/mol. The molecule has 53 heavy (non-hydrogen) atoms. The first-order valence-corrected chi connectivity index (χ1v) is 19.9. The molecule has 0 saturated carbocycles. The molecule has 0 aliphatic carbocycles. The second-order valence-corrected chi connectivity index (χ2v) is 16.9. The van der Waals surface area contributed by atoms with Crippen LogP contribution in [0.3, 0.4) is 0 Å². The summed E-state index contributed by atoms with van der Waals surface area (Å²) in [5.41, 5.74) is 5.80. The number of ether oxygens (including phenoxy) is 1. The monoisotopic (exact) mass is 813 g/mol. The lowest BCUT2D eigenvalue weighted by Gasteiger charge is -2.49. The third-order valence-electron chi connectivity index (χ3n) is 7.77. The number of aromatic nitrogens is 2. The maximum Gasteiger partial charge on any atom is 0.411 e. The number of hydrogen-bond donors (Lipinski definition) is 6. The number of aryl methyl sites for hydroxylation is 1. The highest BCUT2D eigenvalue weighted by molar-refractivity contribution is 8.01. The van der Waals surface area contributed by atoms with E-state index < -0.39 is 82.0 Å². The van der Waals surface area contributed by atoms with Gasteiger partial charge in [0.2, 0.25) is 15.9 Å². The fourth-order valence-corrected chi connectivity index (χ4v) is 9.28. The first kappa shape index (κ1) is 39.2. The molecule has 25 heteroatoms. The van der Waals surface area contributed by atoms with Gasteiger partial charge in [-0.3, -0.25) is 24.6 Å². The Morgan fingerprint density at radius 1 is 1.11 bits per heavy atom. The number of carboxylic acids is 2. The molecule has 2 saturated heterocycles. The fourth-order valence-electron chi connectivity index (χ4n) is 5.18. The van der Waals surface area contributed by atoms with Crippen LogP contribution in [0.5, 0.6) is 0 Å². The number of nitrogens with one attached hydrogen (secondary N) is 3. The Hall–Kier alpha value is -4.98. The molecule has 1 aromatic heterocycles.